The summed E-state index contributed by atoms with van der Waals surface area (Å²) in [6.07, 6.45) is 0. The summed E-state index contributed by atoms with van der Waals surface area (Å²) < 4.78 is 6.84. The molecule has 2 N–H and O–H groups in total. The van der Waals surface area contributed by atoms with Crippen molar-refractivity contribution in [3.8, 4) is 0 Å². The standard InChI is InChI=1S/C5H12N2/c1-4(2)7-5(3)6/h4H,1-3H3,(H2,6,7)/i1D/t4-/m0/s1. The zero-order valence-electron chi connectivity index (χ0n) is 5.81. The highest BCUT2D eigenvalue weighted by molar-refractivity contribution is 5.77. The van der Waals surface area contributed by atoms with Crippen molar-refractivity contribution in [2.24, 2.45) is 10.7 Å². The van der Waals surface area contributed by atoms with Gasteiger partial charge in [-0.25, -0.2) is 0 Å². The van der Waals surface area contributed by atoms with Crippen LogP contribution < -0.4 is 5.73 Å². The lowest BCUT2D eigenvalue weighted by atomic mass is 10.4. The van der Waals surface area contributed by atoms with Gasteiger partial charge in [-0.2, -0.15) is 0 Å². The Balaban J connectivity index is 3.51. The molecule has 0 spiro atoms. The molecular formula is C5H12N2. The molecule has 0 aliphatic rings. The van der Waals surface area contributed by atoms with E-state index in [1.165, 1.54) is 0 Å². The minimum atomic E-state index is 0.0556. The summed E-state index contributed by atoms with van der Waals surface area (Å²) in [5, 5.41) is 0. The SMILES string of the molecule is [2H]C[C@@H](C)N=C(C)N. The molecule has 0 aliphatic carbocycles. The molecule has 0 unspecified atom stereocenters. The van der Waals surface area contributed by atoms with Crippen LogP contribution in [0.15, 0.2) is 4.99 Å². The summed E-state index contributed by atoms with van der Waals surface area (Å²) in [6.45, 7) is 3.91. The lowest BCUT2D eigenvalue weighted by Gasteiger charge is -1.93. The van der Waals surface area contributed by atoms with Crippen LogP contribution in [0.5, 0.6) is 0 Å². The number of rotatable bonds is 1. The number of nitrogens with zero attached hydrogens (tertiary/aromatic N) is 1. The summed E-state index contributed by atoms with van der Waals surface area (Å²) in [5.74, 6) is 0.560. The molecule has 42 valence electrons. The molecular weight excluding hydrogens is 88.1 g/mol. The molecule has 2 nitrogen and oxygen atoms in total. The summed E-state index contributed by atoms with van der Waals surface area (Å²) in [7, 11) is 0. The number of amidine groups is 1. The average Bonchev–Trinajstić information content (AvgIpc) is 1.65. The van der Waals surface area contributed by atoms with E-state index in [1.807, 2.05) is 6.92 Å². The molecule has 0 bridgehead atoms. The van der Waals surface area contributed by atoms with E-state index in [1.54, 1.807) is 6.92 Å². The van der Waals surface area contributed by atoms with E-state index < -0.39 is 0 Å². The van der Waals surface area contributed by atoms with E-state index >= 15 is 0 Å². The Kier molecular flexibility index (Phi) is 1.72. The number of hydrogen-bond donors (Lipinski definition) is 1. The topological polar surface area (TPSA) is 38.4 Å². The molecule has 0 aromatic heterocycles. The van der Waals surface area contributed by atoms with Crippen LogP contribution in [-0.2, 0) is 0 Å². The molecule has 0 aromatic carbocycles. The molecule has 0 saturated carbocycles. The summed E-state index contributed by atoms with van der Waals surface area (Å²) >= 11 is 0. The van der Waals surface area contributed by atoms with Gasteiger partial charge in [0.2, 0.25) is 0 Å². The molecule has 0 radical (unpaired) electrons. The number of nitrogens with two attached hydrogens (primary N) is 1. The molecule has 0 rings (SSSR count). The third kappa shape index (κ3) is 5.47. The highest BCUT2D eigenvalue weighted by Crippen LogP contribution is 1.82. The zero-order valence-corrected chi connectivity index (χ0v) is 4.81. The maximum Gasteiger partial charge on any atom is 0.0908 e. The van der Waals surface area contributed by atoms with E-state index in [0.717, 1.165) is 0 Å². The van der Waals surface area contributed by atoms with Crippen LogP contribution in [0.4, 0.5) is 0 Å². The summed E-state index contributed by atoms with van der Waals surface area (Å²) in [6, 6.07) is 0.0556. The Hall–Kier alpha value is -0.530. The Labute approximate surface area is 45.8 Å². The third-order valence-electron chi connectivity index (χ3n) is 0.424. The minimum absolute atomic E-state index is 0.0556. The van der Waals surface area contributed by atoms with Gasteiger partial charge >= 0.3 is 0 Å². The molecule has 1 atom stereocenters. The van der Waals surface area contributed by atoms with Gasteiger partial charge < -0.3 is 5.73 Å². The minimum Gasteiger partial charge on any atom is -0.388 e. The Bertz CT molecular complexity index is 86.4. The van der Waals surface area contributed by atoms with Gasteiger partial charge in [0.15, 0.2) is 0 Å². The fraction of sp³-hybridized carbons (Fsp3) is 0.800. The van der Waals surface area contributed by atoms with Crippen molar-refractivity contribution >= 4 is 5.84 Å². The zero-order chi connectivity index (χ0) is 6.57. The highest BCUT2D eigenvalue weighted by Gasteiger charge is 1.83. The van der Waals surface area contributed by atoms with E-state index in [9.17, 15) is 0 Å². The second-order valence-electron chi connectivity index (χ2n) is 1.62. The quantitative estimate of drug-likeness (QED) is 0.384. The molecule has 2 heteroatoms. The summed E-state index contributed by atoms with van der Waals surface area (Å²) in [4.78, 5) is 3.90. The first-order valence-electron chi connectivity index (χ1n) is 2.96. The van der Waals surface area contributed by atoms with E-state index in [-0.39, 0.29) is 6.04 Å². The Morgan fingerprint density at radius 1 is 2.00 bits per heavy atom. The lowest BCUT2D eigenvalue weighted by Crippen LogP contribution is -2.08. The van der Waals surface area contributed by atoms with Crippen molar-refractivity contribution < 1.29 is 1.37 Å². The highest BCUT2D eigenvalue weighted by atomic mass is 14.9. The second-order valence-corrected chi connectivity index (χ2v) is 1.62. The van der Waals surface area contributed by atoms with Gasteiger partial charge in [-0.3, -0.25) is 4.99 Å². The molecule has 0 aliphatic heterocycles. The third-order valence-corrected chi connectivity index (χ3v) is 0.424. The molecule has 0 amide bonds. The number of hydrogen-bond acceptors (Lipinski definition) is 1. The van der Waals surface area contributed by atoms with Gasteiger partial charge in [0.25, 0.3) is 0 Å². The van der Waals surface area contributed by atoms with Gasteiger partial charge in [0, 0.05) is 7.41 Å². The first-order chi connectivity index (χ1) is 3.66. The monoisotopic (exact) mass is 101 g/mol. The van der Waals surface area contributed by atoms with Gasteiger partial charge in [-0.15, -0.1) is 0 Å². The van der Waals surface area contributed by atoms with Crippen LogP contribution in [0, 0.1) is 0 Å². The maximum atomic E-state index is 6.84. The van der Waals surface area contributed by atoms with Crippen molar-refractivity contribution in [2.75, 3.05) is 0 Å². The Morgan fingerprint density at radius 2 is 2.57 bits per heavy atom. The smallest absolute Gasteiger partial charge is 0.0908 e. The molecule has 0 saturated heterocycles. The van der Waals surface area contributed by atoms with Crippen molar-refractivity contribution in [3.05, 3.63) is 0 Å². The van der Waals surface area contributed by atoms with Crippen molar-refractivity contribution in [1.82, 2.24) is 0 Å². The van der Waals surface area contributed by atoms with Crippen LogP contribution in [0.25, 0.3) is 0 Å². The molecule has 7 heavy (non-hydrogen) atoms. The lowest BCUT2D eigenvalue weighted by molar-refractivity contribution is 0.833. The van der Waals surface area contributed by atoms with Gasteiger partial charge in [-0.1, -0.05) is 0 Å². The average molecular weight is 101 g/mol. The normalized spacial score (nSPS) is 18.6. The summed E-state index contributed by atoms with van der Waals surface area (Å²) in [5.41, 5.74) is 5.24. The first kappa shape index (κ1) is 4.62. The van der Waals surface area contributed by atoms with Crippen LogP contribution in [0.1, 0.15) is 22.1 Å². The largest absolute Gasteiger partial charge is 0.388 e. The van der Waals surface area contributed by atoms with Crippen molar-refractivity contribution in [1.29, 1.82) is 0 Å². The van der Waals surface area contributed by atoms with Crippen LogP contribution in [0.2, 0.25) is 0 Å². The molecule has 0 fully saturated rings. The van der Waals surface area contributed by atoms with Crippen LogP contribution in [-0.4, -0.2) is 11.9 Å². The fourth-order valence-corrected chi connectivity index (χ4v) is 0.348. The van der Waals surface area contributed by atoms with Crippen molar-refractivity contribution in [2.45, 2.75) is 26.8 Å². The van der Waals surface area contributed by atoms with Crippen molar-refractivity contribution in [3.63, 3.8) is 0 Å². The second kappa shape index (κ2) is 2.61. The van der Waals surface area contributed by atoms with Gasteiger partial charge in [0.1, 0.15) is 0 Å². The predicted molar refractivity (Wildman–Crippen MR) is 32.4 cm³/mol. The van der Waals surface area contributed by atoms with Gasteiger partial charge in [0.05, 0.1) is 5.84 Å². The predicted octanol–water partition coefficient (Wildman–Crippen LogP) is 0.772. The Morgan fingerprint density at radius 3 is 2.71 bits per heavy atom. The van der Waals surface area contributed by atoms with E-state index in [4.69, 9.17) is 7.10 Å². The molecule has 0 heterocycles. The number of aliphatic imine (C=N–C) groups is 1. The first-order valence-corrected chi connectivity index (χ1v) is 2.26. The maximum absolute atomic E-state index is 6.84. The van der Waals surface area contributed by atoms with Gasteiger partial charge in [-0.05, 0) is 20.7 Å². The molecule has 0 aromatic rings. The van der Waals surface area contributed by atoms with Crippen LogP contribution >= 0.6 is 0 Å². The van der Waals surface area contributed by atoms with E-state index in [0.29, 0.717) is 12.7 Å². The van der Waals surface area contributed by atoms with Crippen LogP contribution in [0.3, 0.4) is 0 Å². The fourth-order valence-electron chi connectivity index (χ4n) is 0.348. The van der Waals surface area contributed by atoms with E-state index in [2.05, 4.69) is 4.99 Å².